The van der Waals surface area contributed by atoms with Gasteiger partial charge in [0.2, 0.25) is 17.7 Å². The number of fused-ring (bicyclic) bond motifs is 1. The summed E-state index contributed by atoms with van der Waals surface area (Å²) in [5.74, 6) is 1.11. The number of nitrogens with one attached hydrogen (secondary N) is 2. The third-order valence-electron chi connectivity index (χ3n) is 4.63. The predicted octanol–water partition coefficient (Wildman–Crippen LogP) is 1.92. The van der Waals surface area contributed by atoms with Crippen molar-refractivity contribution in [3.63, 3.8) is 0 Å². The zero-order valence-electron chi connectivity index (χ0n) is 17.9. The number of carboxylic acids is 1. The average Bonchev–Trinajstić information content (AvgIpc) is 3.41. The van der Waals surface area contributed by atoms with E-state index in [2.05, 4.69) is 54.9 Å². The number of carboxylic acid groups (broad SMARTS) is 1. The first-order valence-corrected chi connectivity index (χ1v) is 10.3. The van der Waals surface area contributed by atoms with Gasteiger partial charge in [-0.3, -0.25) is 4.79 Å². The minimum Gasteiger partial charge on any atom is -0.481 e. The summed E-state index contributed by atoms with van der Waals surface area (Å²) >= 11 is 0. The standard InChI is InChI=1S/C19H20N8O2.C2H4O2/c20-17-24-18(25-19-23-16(26-27(17)19)15-2-1-9-29-15)21-8-7-12-3-5-13(6-4-12)22-14-10-28-11-14;1-2(3)4/h1-6,9,14,22H,7-8,10-11H2,(H3,20,21,23,24,25,26);1H3,(H,3,4). The normalized spacial score (nSPS) is 13.1. The molecule has 12 heteroatoms. The Balaban J connectivity index is 0.000000601. The van der Waals surface area contributed by atoms with E-state index in [9.17, 15) is 0 Å². The lowest BCUT2D eigenvalue weighted by Gasteiger charge is -2.27. The summed E-state index contributed by atoms with van der Waals surface area (Å²) in [5, 5.41) is 18.3. The van der Waals surface area contributed by atoms with Crippen molar-refractivity contribution in [3.05, 3.63) is 48.2 Å². The van der Waals surface area contributed by atoms with Crippen LogP contribution in [-0.4, -0.2) is 61.4 Å². The van der Waals surface area contributed by atoms with Crippen molar-refractivity contribution < 1.29 is 19.1 Å². The molecule has 0 atom stereocenters. The summed E-state index contributed by atoms with van der Waals surface area (Å²) in [4.78, 5) is 22.0. The lowest BCUT2D eigenvalue weighted by Crippen LogP contribution is -2.40. The second kappa shape index (κ2) is 9.96. The largest absolute Gasteiger partial charge is 0.481 e. The third-order valence-corrected chi connectivity index (χ3v) is 4.63. The van der Waals surface area contributed by atoms with Crippen molar-refractivity contribution in [1.29, 1.82) is 0 Å². The van der Waals surface area contributed by atoms with Gasteiger partial charge in [-0.15, -0.1) is 5.10 Å². The highest BCUT2D eigenvalue weighted by molar-refractivity contribution is 5.63. The van der Waals surface area contributed by atoms with Gasteiger partial charge in [0.1, 0.15) is 0 Å². The predicted molar refractivity (Wildman–Crippen MR) is 121 cm³/mol. The molecular weight excluding hydrogens is 428 g/mol. The number of nitrogens with two attached hydrogens (primary N) is 1. The molecule has 1 aromatic carbocycles. The second-order valence-electron chi connectivity index (χ2n) is 7.30. The van der Waals surface area contributed by atoms with E-state index in [1.807, 2.05) is 0 Å². The lowest BCUT2D eigenvalue weighted by molar-refractivity contribution is -0.134. The molecule has 1 aliphatic heterocycles. The van der Waals surface area contributed by atoms with Gasteiger partial charge < -0.3 is 30.6 Å². The van der Waals surface area contributed by atoms with Crippen LogP contribution < -0.4 is 16.4 Å². The van der Waals surface area contributed by atoms with Crippen LogP contribution in [0.1, 0.15) is 12.5 Å². The smallest absolute Gasteiger partial charge is 0.300 e. The summed E-state index contributed by atoms with van der Waals surface area (Å²) in [6, 6.07) is 12.4. The van der Waals surface area contributed by atoms with Gasteiger partial charge in [0.25, 0.3) is 11.7 Å². The van der Waals surface area contributed by atoms with E-state index in [-0.39, 0.29) is 5.95 Å². The quantitative estimate of drug-likeness (QED) is 0.323. The van der Waals surface area contributed by atoms with Crippen LogP contribution in [0.4, 0.5) is 17.6 Å². The number of rotatable bonds is 7. The lowest BCUT2D eigenvalue weighted by atomic mass is 10.1. The highest BCUT2D eigenvalue weighted by Gasteiger charge is 2.17. The van der Waals surface area contributed by atoms with Gasteiger partial charge in [-0.05, 0) is 36.2 Å². The summed E-state index contributed by atoms with van der Waals surface area (Å²) in [6.45, 7) is 3.29. The number of hydrogen-bond acceptors (Lipinski definition) is 10. The first-order valence-electron chi connectivity index (χ1n) is 10.3. The molecule has 0 bridgehead atoms. The SMILES string of the molecule is CC(=O)O.Nc1nc(NCCc2ccc(NC3COC3)cc2)nc2nc(-c3ccco3)nn12. The van der Waals surface area contributed by atoms with Crippen molar-refractivity contribution in [2.45, 2.75) is 19.4 Å². The monoisotopic (exact) mass is 452 g/mol. The zero-order chi connectivity index (χ0) is 23.2. The number of ether oxygens (including phenoxy) is 1. The molecule has 0 amide bonds. The molecule has 1 saturated heterocycles. The van der Waals surface area contributed by atoms with Crippen LogP contribution in [0.25, 0.3) is 17.4 Å². The zero-order valence-corrected chi connectivity index (χ0v) is 17.9. The minimum atomic E-state index is -0.833. The molecule has 172 valence electrons. The molecule has 5 N–H and O–H groups in total. The fraction of sp³-hybridized carbons (Fsp3) is 0.286. The Bertz CT molecular complexity index is 1200. The van der Waals surface area contributed by atoms with Crippen LogP contribution >= 0.6 is 0 Å². The third kappa shape index (κ3) is 5.74. The van der Waals surface area contributed by atoms with E-state index < -0.39 is 5.97 Å². The van der Waals surface area contributed by atoms with Crippen LogP contribution in [0, 0.1) is 0 Å². The summed E-state index contributed by atoms with van der Waals surface area (Å²) < 4.78 is 11.9. The van der Waals surface area contributed by atoms with Gasteiger partial charge in [-0.25, -0.2) is 0 Å². The molecule has 5 rings (SSSR count). The van der Waals surface area contributed by atoms with Crippen molar-refractivity contribution in [2.24, 2.45) is 0 Å². The van der Waals surface area contributed by atoms with Gasteiger partial charge in [-0.2, -0.15) is 19.5 Å². The number of furan rings is 1. The molecule has 0 unspecified atom stereocenters. The van der Waals surface area contributed by atoms with Crippen molar-refractivity contribution in [2.75, 3.05) is 36.1 Å². The fourth-order valence-corrected chi connectivity index (χ4v) is 3.04. The van der Waals surface area contributed by atoms with E-state index in [1.54, 1.807) is 18.4 Å². The molecule has 0 radical (unpaired) electrons. The maximum atomic E-state index is 9.00. The Kier molecular flexibility index (Phi) is 6.64. The van der Waals surface area contributed by atoms with Crippen LogP contribution in [-0.2, 0) is 16.0 Å². The molecule has 0 spiro atoms. The van der Waals surface area contributed by atoms with Crippen LogP contribution in [0.3, 0.4) is 0 Å². The Hall–Kier alpha value is -4.19. The highest BCUT2D eigenvalue weighted by atomic mass is 16.5. The number of aromatic nitrogens is 5. The molecule has 1 fully saturated rings. The van der Waals surface area contributed by atoms with Crippen LogP contribution in [0.2, 0.25) is 0 Å². The molecule has 4 aromatic rings. The van der Waals surface area contributed by atoms with E-state index in [4.69, 9.17) is 24.8 Å². The van der Waals surface area contributed by atoms with Crippen molar-refractivity contribution in [1.82, 2.24) is 24.6 Å². The Labute approximate surface area is 188 Å². The maximum absolute atomic E-state index is 9.00. The molecule has 1 aliphatic rings. The number of anilines is 3. The second-order valence-corrected chi connectivity index (χ2v) is 7.30. The molecule has 3 aromatic heterocycles. The Morgan fingerprint density at radius 3 is 2.61 bits per heavy atom. The van der Waals surface area contributed by atoms with Crippen molar-refractivity contribution >= 4 is 29.3 Å². The fourth-order valence-electron chi connectivity index (χ4n) is 3.04. The minimum absolute atomic E-state index is 0.207. The topological polar surface area (TPSA) is 166 Å². The summed E-state index contributed by atoms with van der Waals surface area (Å²) in [7, 11) is 0. The van der Waals surface area contributed by atoms with E-state index in [0.29, 0.717) is 35.9 Å². The first-order chi connectivity index (χ1) is 16.0. The highest BCUT2D eigenvalue weighted by Crippen LogP contribution is 2.18. The maximum Gasteiger partial charge on any atom is 0.300 e. The van der Waals surface area contributed by atoms with Crippen LogP contribution in [0.5, 0.6) is 0 Å². The summed E-state index contributed by atoms with van der Waals surface area (Å²) in [5.41, 5.74) is 8.32. The Morgan fingerprint density at radius 1 is 1.21 bits per heavy atom. The van der Waals surface area contributed by atoms with Gasteiger partial charge in [0, 0.05) is 19.2 Å². The Morgan fingerprint density at radius 2 is 1.97 bits per heavy atom. The van der Waals surface area contributed by atoms with Gasteiger partial charge in [-0.1, -0.05) is 12.1 Å². The first kappa shape index (κ1) is 22.0. The average molecular weight is 452 g/mol. The number of hydrogen-bond donors (Lipinski definition) is 4. The molecule has 4 heterocycles. The van der Waals surface area contributed by atoms with Gasteiger partial charge >= 0.3 is 0 Å². The number of nitrogen functional groups attached to an aromatic ring is 1. The molecular formula is C21H24N8O4. The van der Waals surface area contributed by atoms with Crippen LogP contribution in [0.15, 0.2) is 47.1 Å². The van der Waals surface area contributed by atoms with E-state index >= 15 is 0 Å². The number of aliphatic carboxylic acids is 1. The van der Waals surface area contributed by atoms with E-state index in [0.717, 1.165) is 32.2 Å². The molecule has 0 saturated carbocycles. The number of benzene rings is 1. The summed E-state index contributed by atoms with van der Waals surface area (Å²) in [6.07, 6.45) is 2.39. The van der Waals surface area contributed by atoms with Crippen molar-refractivity contribution in [3.8, 4) is 11.6 Å². The van der Waals surface area contributed by atoms with Gasteiger partial charge in [0.15, 0.2) is 5.76 Å². The van der Waals surface area contributed by atoms with E-state index in [1.165, 1.54) is 10.1 Å². The molecule has 0 aliphatic carbocycles. The van der Waals surface area contributed by atoms with Gasteiger partial charge in [0.05, 0.1) is 25.5 Å². The molecule has 33 heavy (non-hydrogen) atoms. The number of nitrogens with zero attached hydrogens (tertiary/aromatic N) is 5. The molecule has 12 nitrogen and oxygen atoms in total. The number of carbonyl (C=O) groups is 1.